The third-order valence-corrected chi connectivity index (χ3v) is 3.77. The number of benzene rings is 3. The molecule has 0 saturated heterocycles. The SMILES string of the molecule is Clc1ccccc1-c1ccc(CNNc2ccccc2)cc1. The molecule has 3 heteroatoms. The van der Waals surface area contributed by atoms with E-state index in [4.69, 9.17) is 11.6 Å². The summed E-state index contributed by atoms with van der Waals surface area (Å²) in [5.74, 6) is 0. The minimum atomic E-state index is 0.748. The lowest BCUT2D eigenvalue weighted by molar-refractivity contribution is 0.801. The van der Waals surface area contributed by atoms with Crippen molar-refractivity contribution in [3.8, 4) is 11.1 Å². The van der Waals surface area contributed by atoms with Crippen LogP contribution in [0.3, 0.4) is 0 Å². The zero-order valence-corrected chi connectivity index (χ0v) is 12.8. The molecule has 110 valence electrons. The molecule has 3 aromatic rings. The predicted octanol–water partition coefficient (Wildman–Crippen LogP) is 5.12. The summed E-state index contributed by atoms with van der Waals surface area (Å²) in [6, 6.07) is 26.4. The Morgan fingerprint density at radius 3 is 2.14 bits per heavy atom. The monoisotopic (exact) mass is 308 g/mol. The van der Waals surface area contributed by atoms with Crippen molar-refractivity contribution < 1.29 is 0 Å². The molecule has 0 bridgehead atoms. The van der Waals surface area contributed by atoms with E-state index in [9.17, 15) is 0 Å². The van der Waals surface area contributed by atoms with Crippen molar-refractivity contribution in [1.82, 2.24) is 5.43 Å². The lowest BCUT2D eigenvalue weighted by atomic mass is 10.0. The summed E-state index contributed by atoms with van der Waals surface area (Å²) in [5, 5.41) is 0.777. The largest absolute Gasteiger partial charge is 0.321 e. The topological polar surface area (TPSA) is 24.1 Å². The summed E-state index contributed by atoms with van der Waals surface area (Å²) in [4.78, 5) is 0. The standard InChI is InChI=1S/C19H17ClN2/c20-19-9-5-4-8-18(19)16-12-10-15(11-13-16)14-21-22-17-6-2-1-3-7-17/h1-13,21-22H,14H2. The van der Waals surface area contributed by atoms with E-state index in [0.717, 1.165) is 28.4 Å². The Morgan fingerprint density at radius 1 is 0.727 bits per heavy atom. The molecule has 0 aliphatic rings. The molecular weight excluding hydrogens is 292 g/mol. The Balaban J connectivity index is 1.61. The van der Waals surface area contributed by atoms with Gasteiger partial charge in [-0.3, -0.25) is 0 Å². The quantitative estimate of drug-likeness (QED) is 0.639. The third kappa shape index (κ3) is 3.67. The van der Waals surface area contributed by atoms with Gasteiger partial charge in [-0.25, -0.2) is 5.43 Å². The summed E-state index contributed by atoms with van der Waals surface area (Å²) < 4.78 is 0. The lowest BCUT2D eigenvalue weighted by Gasteiger charge is -2.09. The van der Waals surface area contributed by atoms with Crippen molar-refractivity contribution in [3.05, 3.63) is 89.4 Å². The molecular formula is C19H17ClN2. The lowest BCUT2D eigenvalue weighted by Crippen LogP contribution is -2.20. The molecule has 3 rings (SSSR count). The number of nitrogens with one attached hydrogen (secondary N) is 2. The summed E-state index contributed by atoms with van der Waals surface area (Å²) in [7, 11) is 0. The average Bonchev–Trinajstić information content (AvgIpc) is 2.57. The third-order valence-electron chi connectivity index (χ3n) is 3.44. The fourth-order valence-corrected chi connectivity index (χ4v) is 2.51. The molecule has 2 N–H and O–H groups in total. The Kier molecular flexibility index (Phi) is 4.74. The fourth-order valence-electron chi connectivity index (χ4n) is 2.27. The molecule has 0 aromatic heterocycles. The maximum Gasteiger partial charge on any atom is 0.0487 e. The molecule has 0 saturated carbocycles. The van der Waals surface area contributed by atoms with E-state index in [-0.39, 0.29) is 0 Å². The van der Waals surface area contributed by atoms with Gasteiger partial charge in [-0.05, 0) is 29.3 Å². The summed E-state index contributed by atoms with van der Waals surface area (Å²) in [5.41, 5.74) is 10.8. The van der Waals surface area contributed by atoms with E-state index in [2.05, 4.69) is 35.1 Å². The molecule has 0 aliphatic heterocycles. The highest BCUT2D eigenvalue weighted by molar-refractivity contribution is 6.33. The van der Waals surface area contributed by atoms with Crippen LogP contribution in [0.2, 0.25) is 5.02 Å². The minimum Gasteiger partial charge on any atom is -0.321 e. The number of para-hydroxylation sites is 1. The van der Waals surface area contributed by atoms with Crippen LogP contribution in [0.1, 0.15) is 5.56 Å². The van der Waals surface area contributed by atoms with Gasteiger partial charge in [-0.15, -0.1) is 0 Å². The fraction of sp³-hybridized carbons (Fsp3) is 0.0526. The van der Waals surface area contributed by atoms with Crippen molar-refractivity contribution in [2.24, 2.45) is 0 Å². The predicted molar refractivity (Wildman–Crippen MR) is 93.8 cm³/mol. The van der Waals surface area contributed by atoms with Gasteiger partial charge in [0.25, 0.3) is 0 Å². The molecule has 3 aromatic carbocycles. The van der Waals surface area contributed by atoms with Crippen LogP contribution in [0.25, 0.3) is 11.1 Å². The van der Waals surface area contributed by atoms with E-state index in [1.807, 2.05) is 54.6 Å². The molecule has 0 unspecified atom stereocenters. The van der Waals surface area contributed by atoms with Gasteiger partial charge in [0.2, 0.25) is 0 Å². The average molecular weight is 309 g/mol. The van der Waals surface area contributed by atoms with Crippen LogP contribution in [0.15, 0.2) is 78.9 Å². The Hall–Kier alpha value is -2.29. The van der Waals surface area contributed by atoms with E-state index >= 15 is 0 Å². The Morgan fingerprint density at radius 2 is 1.41 bits per heavy atom. The van der Waals surface area contributed by atoms with Gasteiger partial charge in [0, 0.05) is 22.8 Å². The van der Waals surface area contributed by atoms with E-state index < -0.39 is 0 Å². The Labute approximate surface area is 135 Å². The zero-order valence-electron chi connectivity index (χ0n) is 12.1. The first-order chi connectivity index (χ1) is 10.8. The molecule has 0 aliphatic carbocycles. The Bertz CT molecular complexity index is 724. The van der Waals surface area contributed by atoms with Crippen molar-refractivity contribution in [2.75, 3.05) is 5.43 Å². The van der Waals surface area contributed by atoms with Gasteiger partial charge >= 0.3 is 0 Å². The molecule has 0 atom stereocenters. The van der Waals surface area contributed by atoms with Gasteiger partial charge in [0.05, 0.1) is 0 Å². The highest BCUT2D eigenvalue weighted by atomic mass is 35.5. The molecule has 2 nitrogen and oxygen atoms in total. The van der Waals surface area contributed by atoms with Gasteiger partial charge in [-0.2, -0.15) is 0 Å². The van der Waals surface area contributed by atoms with Gasteiger partial charge in [0.1, 0.15) is 0 Å². The maximum atomic E-state index is 6.23. The first-order valence-electron chi connectivity index (χ1n) is 7.21. The molecule has 0 fully saturated rings. The summed E-state index contributed by atoms with van der Waals surface area (Å²) >= 11 is 6.23. The van der Waals surface area contributed by atoms with Crippen molar-refractivity contribution in [2.45, 2.75) is 6.54 Å². The van der Waals surface area contributed by atoms with Crippen LogP contribution in [0.4, 0.5) is 5.69 Å². The van der Waals surface area contributed by atoms with Gasteiger partial charge in [-0.1, -0.05) is 72.3 Å². The van der Waals surface area contributed by atoms with E-state index in [1.165, 1.54) is 5.56 Å². The molecule has 22 heavy (non-hydrogen) atoms. The summed E-state index contributed by atoms with van der Waals surface area (Å²) in [6.45, 7) is 0.748. The van der Waals surface area contributed by atoms with Crippen LogP contribution < -0.4 is 10.9 Å². The molecule has 0 heterocycles. The number of rotatable bonds is 5. The van der Waals surface area contributed by atoms with Crippen LogP contribution in [0, 0.1) is 0 Å². The van der Waals surface area contributed by atoms with Gasteiger partial charge in [0.15, 0.2) is 0 Å². The first-order valence-corrected chi connectivity index (χ1v) is 7.58. The highest BCUT2D eigenvalue weighted by Crippen LogP contribution is 2.27. The van der Waals surface area contributed by atoms with Crippen molar-refractivity contribution in [3.63, 3.8) is 0 Å². The second-order valence-electron chi connectivity index (χ2n) is 5.02. The first kappa shape index (κ1) is 14.6. The number of halogens is 1. The van der Waals surface area contributed by atoms with Crippen LogP contribution in [-0.2, 0) is 6.54 Å². The second-order valence-corrected chi connectivity index (χ2v) is 5.43. The van der Waals surface area contributed by atoms with Crippen molar-refractivity contribution >= 4 is 17.3 Å². The van der Waals surface area contributed by atoms with E-state index in [1.54, 1.807) is 0 Å². The number of hydrogen-bond donors (Lipinski definition) is 2. The van der Waals surface area contributed by atoms with Crippen molar-refractivity contribution in [1.29, 1.82) is 0 Å². The highest BCUT2D eigenvalue weighted by Gasteiger charge is 2.02. The minimum absolute atomic E-state index is 0.748. The van der Waals surface area contributed by atoms with E-state index in [0.29, 0.717) is 0 Å². The number of hydrogen-bond acceptors (Lipinski definition) is 2. The maximum absolute atomic E-state index is 6.23. The second kappa shape index (κ2) is 7.12. The number of hydrazine groups is 1. The number of anilines is 1. The van der Waals surface area contributed by atoms with Crippen LogP contribution in [0.5, 0.6) is 0 Å². The summed E-state index contributed by atoms with van der Waals surface area (Å²) in [6.07, 6.45) is 0. The molecule has 0 radical (unpaired) electrons. The van der Waals surface area contributed by atoms with Crippen LogP contribution >= 0.6 is 11.6 Å². The normalized spacial score (nSPS) is 10.4. The van der Waals surface area contributed by atoms with Gasteiger partial charge < -0.3 is 5.43 Å². The zero-order chi connectivity index (χ0) is 15.2. The molecule has 0 spiro atoms. The van der Waals surface area contributed by atoms with Crippen LogP contribution in [-0.4, -0.2) is 0 Å². The molecule has 0 amide bonds. The smallest absolute Gasteiger partial charge is 0.0487 e.